The fourth-order valence-corrected chi connectivity index (χ4v) is 2.40. The second-order valence-corrected chi connectivity index (χ2v) is 7.24. The van der Waals surface area contributed by atoms with E-state index in [4.69, 9.17) is 0 Å². The van der Waals surface area contributed by atoms with Crippen LogP contribution in [-0.4, -0.2) is 0 Å². The van der Waals surface area contributed by atoms with Gasteiger partial charge in [0.15, 0.2) is 0 Å². The van der Waals surface area contributed by atoms with Crippen LogP contribution < -0.4 is 0 Å². The maximum absolute atomic E-state index is 2.36. The molecule has 1 aliphatic rings. The third kappa shape index (κ3) is 7.95. The van der Waals surface area contributed by atoms with Crippen molar-refractivity contribution in [3.63, 3.8) is 0 Å². The molecule has 0 radical (unpaired) electrons. The van der Waals surface area contributed by atoms with Crippen LogP contribution in [0.4, 0.5) is 0 Å². The van der Waals surface area contributed by atoms with E-state index in [1.165, 1.54) is 44.1 Å². The monoisotopic (exact) mass is 252 g/mol. The molecule has 0 aliphatic heterocycles. The van der Waals surface area contributed by atoms with E-state index in [9.17, 15) is 0 Å². The van der Waals surface area contributed by atoms with Gasteiger partial charge in [0.05, 0.1) is 0 Å². The quantitative estimate of drug-likeness (QED) is 0.496. The summed E-state index contributed by atoms with van der Waals surface area (Å²) in [6, 6.07) is 0. The van der Waals surface area contributed by atoms with Crippen molar-refractivity contribution in [3.8, 4) is 0 Å². The van der Waals surface area contributed by atoms with E-state index in [-0.39, 0.29) is 0 Å². The van der Waals surface area contributed by atoms with Gasteiger partial charge in [-0.15, -0.1) is 0 Å². The normalized spacial score (nSPS) is 17.9. The van der Waals surface area contributed by atoms with Crippen molar-refractivity contribution in [2.75, 3.05) is 0 Å². The average molecular weight is 252 g/mol. The molecule has 18 heavy (non-hydrogen) atoms. The minimum Gasteiger partial charge on any atom is -0.0854 e. The Morgan fingerprint density at radius 3 is 1.94 bits per heavy atom. The van der Waals surface area contributed by atoms with Crippen molar-refractivity contribution >= 4 is 0 Å². The van der Waals surface area contributed by atoms with E-state index < -0.39 is 0 Å². The molecule has 1 fully saturated rings. The first-order valence-electron chi connectivity index (χ1n) is 7.95. The Balaban J connectivity index is 0.000000321. The topological polar surface area (TPSA) is 0 Å². The first-order chi connectivity index (χ1) is 8.29. The molecule has 0 unspecified atom stereocenters. The van der Waals surface area contributed by atoms with Crippen molar-refractivity contribution in [2.45, 2.75) is 87.0 Å². The zero-order valence-corrected chi connectivity index (χ0v) is 14.0. The third-order valence-corrected chi connectivity index (χ3v) is 4.25. The molecule has 0 spiro atoms. The van der Waals surface area contributed by atoms with Crippen molar-refractivity contribution < 1.29 is 0 Å². The van der Waals surface area contributed by atoms with Gasteiger partial charge in [0.25, 0.3) is 0 Å². The lowest BCUT2D eigenvalue weighted by molar-refractivity contribution is 0.246. The molecule has 0 nitrogen and oxygen atoms in total. The summed E-state index contributed by atoms with van der Waals surface area (Å²) in [5.74, 6) is 1.74. The number of allylic oxidation sites excluding steroid dienone is 2. The highest BCUT2D eigenvalue weighted by molar-refractivity contribution is 5.00. The van der Waals surface area contributed by atoms with Crippen LogP contribution in [0.15, 0.2) is 11.6 Å². The molecular weight excluding hydrogens is 216 g/mol. The molecule has 0 amide bonds. The van der Waals surface area contributed by atoms with Crippen molar-refractivity contribution in [2.24, 2.45) is 17.3 Å². The summed E-state index contributed by atoms with van der Waals surface area (Å²) in [7, 11) is 0. The zero-order chi connectivity index (χ0) is 14.2. The number of unbranched alkanes of at least 4 members (excludes halogenated alkanes) is 1. The molecular formula is C18H36. The standard InChI is InChI=1S/2C9H18/c1-9(2,3)8-6-4-5-7-8;1-5-6-7-9(4)8(2)3/h8H,4-7H2,1-3H3;7-8H,5-6H2,1-4H3/b;9-7+. The van der Waals surface area contributed by atoms with Crippen molar-refractivity contribution in [3.05, 3.63) is 11.6 Å². The van der Waals surface area contributed by atoms with Gasteiger partial charge in [-0.25, -0.2) is 0 Å². The largest absolute Gasteiger partial charge is 0.0854 e. The van der Waals surface area contributed by atoms with E-state index in [1.807, 2.05) is 0 Å². The van der Waals surface area contributed by atoms with Gasteiger partial charge in [0.1, 0.15) is 0 Å². The van der Waals surface area contributed by atoms with Crippen LogP contribution >= 0.6 is 0 Å². The summed E-state index contributed by atoms with van der Waals surface area (Å²) in [6.07, 6.45) is 10.7. The zero-order valence-electron chi connectivity index (χ0n) is 14.0. The summed E-state index contributed by atoms with van der Waals surface area (Å²) >= 11 is 0. The van der Waals surface area contributed by atoms with Gasteiger partial charge < -0.3 is 0 Å². The van der Waals surface area contributed by atoms with E-state index in [2.05, 4.69) is 54.5 Å². The number of hydrogen-bond acceptors (Lipinski definition) is 0. The lowest BCUT2D eigenvalue weighted by atomic mass is 9.80. The Hall–Kier alpha value is -0.260. The smallest absolute Gasteiger partial charge is 0.0263 e. The summed E-state index contributed by atoms with van der Waals surface area (Å²) in [6.45, 7) is 16.0. The maximum Gasteiger partial charge on any atom is -0.0263 e. The number of hydrogen-bond donors (Lipinski definition) is 0. The Kier molecular flexibility index (Phi) is 8.65. The Morgan fingerprint density at radius 2 is 1.67 bits per heavy atom. The molecule has 0 saturated heterocycles. The fourth-order valence-electron chi connectivity index (χ4n) is 2.40. The SMILES string of the molecule is CC(C)(C)C1CCCC1.CCC/C=C(\C)C(C)C. The van der Waals surface area contributed by atoms with Gasteiger partial charge in [0, 0.05) is 0 Å². The van der Waals surface area contributed by atoms with Crippen molar-refractivity contribution in [1.82, 2.24) is 0 Å². The predicted octanol–water partition coefficient (Wildman–Crippen LogP) is 6.61. The summed E-state index contributed by atoms with van der Waals surface area (Å²) in [5, 5.41) is 0. The maximum atomic E-state index is 2.36. The molecule has 0 heteroatoms. The molecule has 108 valence electrons. The van der Waals surface area contributed by atoms with Gasteiger partial charge in [-0.05, 0) is 43.4 Å². The van der Waals surface area contributed by atoms with Crippen molar-refractivity contribution in [1.29, 1.82) is 0 Å². The lowest BCUT2D eigenvalue weighted by Gasteiger charge is -2.26. The minimum atomic E-state index is 0.580. The molecule has 0 heterocycles. The lowest BCUT2D eigenvalue weighted by Crippen LogP contribution is -2.16. The Labute approximate surface area is 116 Å². The molecule has 1 saturated carbocycles. The Morgan fingerprint density at radius 1 is 1.17 bits per heavy atom. The highest BCUT2D eigenvalue weighted by atomic mass is 14.3. The van der Waals surface area contributed by atoms with E-state index in [0.29, 0.717) is 5.41 Å². The van der Waals surface area contributed by atoms with E-state index in [0.717, 1.165) is 11.8 Å². The molecule has 0 aromatic carbocycles. The van der Waals surface area contributed by atoms with Gasteiger partial charge in [-0.2, -0.15) is 0 Å². The third-order valence-electron chi connectivity index (χ3n) is 4.25. The van der Waals surface area contributed by atoms with Crippen LogP contribution in [0.5, 0.6) is 0 Å². The predicted molar refractivity (Wildman–Crippen MR) is 84.9 cm³/mol. The summed E-state index contributed by atoms with van der Waals surface area (Å²) in [5.41, 5.74) is 2.10. The highest BCUT2D eigenvalue weighted by Crippen LogP contribution is 2.38. The molecule has 1 rings (SSSR count). The minimum absolute atomic E-state index is 0.580. The second-order valence-electron chi connectivity index (χ2n) is 7.24. The Bertz CT molecular complexity index is 221. The first kappa shape index (κ1) is 17.7. The van der Waals surface area contributed by atoms with Crippen LogP contribution in [0.3, 0.4) is 0 Å². The fraction of sp³-hybridized carbons (Fsp3) is 0.889. The molecule has 0 N–H and O–H groups in total. The van der Waals surface area contributed by atoms with Crippen LogP contribution in [-0.2, 0) is 0 Å². The number of rotatable bonds is 3. The highest BCUT2D eigenvalue weighted by Gasteiger charge is 2.26. The molecule has 0 bridgehead atoms. The second kappa shape index (κ2) is 8.77. The average Bonchev–Trinajstić information content (AvgIpc) is 2.79. The summed E-state index contributed by atoms with van der Waals surface area (Å²) in [4.78, 5) is 0. The molecule has 0 aromatic heterocycles. The van der Waals surface area contributed by atoms with Crippen LogP contribution in [0, 0.1) is 17.3 Å². The molecule has 0 atom stereocenters. The first-order valence-corrected chi connectivity index (χ1v) is 7.95. The van der Waals surface area contributed by atoms with E-state index in [1.54, 1.807) is 0 Å². The van der Waals surface area contributed by atoms with E-state index >= 15 is 0 Å². The summed E-state index contributed by atoms with van der Waals surface area (Å²) < 4.78 is 0. The van der Waals surface area contributed by atoms with Gasteiger partial charge in [-0.3, -0.25) is 0 Å². The molecule has 0 aromatic rings. The van der Waals surface area contributed by atoms with Gasteiger partial charge in [0.2, 0.25) is 0 Å². The van der Waals surface area contributed by atoms with Crippen LogP contribution in [0.25, 0.3) is 0 Å². The van der Waals surface area contributed by atoms with Crippen LogP contribution in [0.1, 0.15) is 87.0 Å². The van der Waals surface area contributed by atoms with Crippen LogP contribution in [0.2, 0.25) is 0 Å². The van der Waals surface area contributed by atoms with Gasteiger partial charge in [-0.1, -0.05) is 72.5 Å². The van der Waals surface area contributed by atoms with Gasteiger partial charge >= 0.3 is 0 Å². The molecule has 1 aliphatic carbocycles.